The average molecular weight is 372 g/mol. The second-order valence-electron chi connectivity index (χ2n) is 6.33. The second-order valence-corrected chi connectivity index (χ2v) is 9.49. The van der Waals surface area contributed by atoms with E-state index in [4.69, 9.17) is 0 Å². The molecular weight excluding hydrogens is 346 g/mol. The van der Waals surface area contributed by atoms with Crippen molar-refractivity contribution in [3.05, 3.63) is 18.0 Å². The molecule has 0 atom stereocenters. The Kier molecular flexibility index (Phi) is 5.89. The number of carbonyl (C=O) groups is 1. The summed E-state index contributed by atoms with van der Waals surface area (Å²) in [7, 11) is -3.50. The zero-order valence-corrected chi connectivity index (χ0v) is 15.5. The molecule has 6 nitrogen and oxygen atoms in total. The number of amides is 1. The van der Waals surface area contributed by atoms with Crippen LogP contribution in [0.3, 0.4) is 0 Å². The molecule has 3 heterocycles. The lowest BCUT2D eigenvalue weighted by molar-refractivity contribution is 0.0737. The van der Waals surface area contributed by atoms with Crippen LogP contribution in [0, 0.1) is 0 Å². The summed E-state index contributed by atoms with van der Waals surface area (Å²) in [6.45, 7) is 2.58. The summed E-state index contributed by atoms with van der Waals surface area (Å²) in [5.41, 5.74) is 0.375. The van der Waals surface area contributed by atoms with Crippen molar-refractivity contribution in [2.75, 3.05) is 37.7 Å². The molecule has 0 saturated carbocycles. The van der Waals surface area contributed by atoms with Crippen molar-refractivity contribution < 1.29 is 13.2 Å². The molecule has 3 rings (SSSR count). The average Bonchev–Trinajstić information content (AvgIpc) is 3.06. The van der Waals surface area contributed by atoms with Gasteiger partial charge in [0.2, 0.25) is 10.0 Å². The third-order valence-corrected chi connectivity index (χ3v) is 7.46. The Morgan fingerprint density at radius 3 is 2.29 bits per heavy atom. The van der Waals surface area contributed by atoms with Gasteiger partial charge in [0.15, 0.2) is 0 Å². The number of aromatic amines is 1. The van der Waals surface area contributed by atoms with E-state index < -0.39 is 10.0 Å². The van der Waals surface area contributed by atoms with Gasteiger partial charge in [-0.3, -0.25) is 4.79 Å². The molecule has 2 saturated heterocycles. The predicted molar refractivity (Wildman–Crippen MR) is 95.9 cm³/mol. The molecule has 24 heavy (non-hydrogen) atoms. The fourth-order valence-electron chi connectivity index (χ4n) is 3.20. The Bertz CT molecular complexity index is 658. The van der Waals surface area contributed by atoms with Crippen LogP contribution in [0.15, 0.2) is 17.2 Å². The monoisotopic (exact) mass is 371 g/mol. The fraction of sp³-hybridized carbons (Fsp3) is 0.688. The van der Waals surface area contributed by atoms with E-state index in [1.807, 2.05) is 4.90 Å². The SMILES string of the molecule is O=C(c1cc(S(=O)(=O)N2CCSCC2)c[nH]1)N1CCCCCCC1. The Hall–Kier alpha value is -0.990. The lowest BCUT2D eigenvalue weighted by Crippen LogP contribution is -2.37. The summed E-state index contributed by atoms with van der Waals surface area (Å²) in [6, 6.07) is 1.50. The molecule has 1 N–H and O–H groups in total. The zero-order valence-electron chi connectivity index (χ0n) is 13.9. The van der Waals surface area contributed by atoms with Gasteiger partial charge in [0.25, 0.3) is 5.91 Å². The van der Waals surface area contributed by atoms with Gasteiger partial charge in [-0.05, 0) is 18.9 Å². The first-order valence-electron chi connectivity index (χ1n) is 8.64. The first kappa shape index (κ1) is 17.8. The quantitative estimate of drug-likeness (QED) is 0.884. The van der Waals surface area contributed by atoms with Gasteiger partial charge >= 0.3 is 0 Å². The molecule has 0 spiro atoms. The lowest BCUT2D eigenvalue weighted by atomic mass is 10.1. The molecule has 1 aromatic heterocycles. The summed E-state index contributed by atoms with van der Waals surface area (Å²) >= 11 is 1.77. The van der Waals surface area contributed by atoms with E-state index in [2.05, 4.69) is 4.98 Å². The molecule has 2 aliphatic heterocycles. The first-order valence-corrected chi connectivity index (χ1v) is 11.2. The molecule has 0 aliphatic carbocycles. The highest BCUT2D eigenvalue weighted by Gasteiger charge is 2.28. The minimum atomic E-state index is -3.50. The maximum absolute atomic E-state index is 12.7. The molecule has 8 heteroatoms. The molecule has 0 aromatic carbocycles. The molecule has 2 aliphatic rings. The Morgan fingerprint density at radius 2 is 1.62 bits per heavy atom. The van der Waals surface area contributed by atoms with Crippen molar-refractivity contribution in [3.63, 3.8) is 0 Å². The molecule has 2 fully saturated rings. The van der Waals surface area contributed by atoms with Gasteiger partial charge in [0.1, 0.15) is 10.6 Å². The Labute approximate surface area is 148 Å². The van der Waals surface area contributed by atoms with E-state index in [0.29, 0.717) is 18.8 Å². The van der Waals surface area contributed by atoms with Crippen LogP contribution >= 0.6 is 11.8 Å². The second kappa shape index (κ2) is 7.93. The lowest BCUT2D eigenvalue weighted by Gasteiger charge is -2.25. The van der Waals surface area contributed by atoms with Crippen molar-refractivity contribution >= 4 is 27.7 Å². The van der Waals surface area contributed by atoms with Crippen LogP contribution in [-0.2, 0) is 10.0 Å². The topological polar surface area (TPSA) is 73.5 Å². The van der Waals surface area contributed by atoms with Gasteiger partial charge in [-0.15, -0.1) is 0 Å². The predicted octanol–water partition coefficient (Wildman–Crippen LogP) is 2.16. The van der Waals surface area contributed by atoms with Crippen LogP contribution in [0.4, 0.5) is 0 Å². The Balaban J connectivity index is 1.73. The highest BCUT2D eigenvalue weighted by molar-refractivity contribution is 7.99. The number of sulfonamides is 1. The van der Waals surface area contributed by atoms with Gasteiger partial charge in [0.05, 0.1) is 0 Å². The number of hydrogen-bond acceptors (Lipinski definition) is 4. The summed E-state index contributed by atoms with van der Waals surface area (Å²) in [5, 5.41) is 0. The zero-order chi connectivity index (χ0) is 17.0. The number of thioether (sulfide) groups is 1. The largest absolute Gasteiger partial charge is 0.356 e. The van der Waals surface area contributed by atoms with Crippen LogP contribution in [0.25, 0.3) is 0 Å². The summed E-state index contributed by atoms with van der Waals surface area (Å²) < 4.78 is 26.9. The number of rotatable bonds is 3. The highest BCUT2D eigenvalue weighted by atomic mass is 32.2. The van der Waals surface area contributed by atoms with Gasteiger partial charge in [0, 0.05) is 43.9 Å². The number of hydrogen-bond donors (Lipinski definition) is 1. The number of carbonyl (C=O) groups excluding carboxylic acids is 1. The van der Waals surface area contributed by atoms with E-state index in [1.54, 1.807) is 11.8 Å². The third-order valence-electron chi connectivity index (χ3n) is 4.64. The van der Waals surface area contributed by atoms with Gasteiger partial charge < -0.3 is 9.88 Å². The molecule has 134 valence electrons. The van der Waals surface area contributed by atoms with E-state index in [1.165, 1.54) is 23.0 Å². The number of nitrogens with zero attached hydrogens (tertiary/aromatic N) is 2. The van der Waals surface area contributed by atoms with E-state index in [0.717, 1.165) is 50.3 Å². The minimum absolute atomic E-state index is 0.0902. The molecule has 1 amide bonds. The third kappa shape index (κ3) is 3.97. The minimum Gasteiger partial charge on any atom is -0.356 e. The number of nitrogens with one attached hydrogen (secondary N) is 1. The summed E-state index contributed by atoms with van der Waals surface area (Å²) in [5.74, 6) is 1.56. The number of likely N-dealkylation sites (tertiary alicyclic amines) is 1. The molecule has 0 radical (unpaired) electrons. The van der Waals surface area contributed by atoms with E-state index >= 15 is 0 Å². The van der Waals surface area contributed by atoms with Crippen LogP contribution in [-0.4, -0.2) is 66.2 Å². The Morgan fingerprint density at radius 1 is 1.00 bits per heavy atom. The standard InChI is InChI=1S/C16H25N3O3S2/c20-16(18-6-4-2-1-3-5-7-18)15-12-14(13-17-15)24(21,22)19-8-10-23-11-9-19/h12-13,17H,1-11H2. The molecule has 0 bridgehead atoms. The van der Waals surface area contributed by atoms with Crippen molar-refractivity contribution in [1.82, 2.24) is 14.2 Å². The van der Waals surface area contributed by atoms with Crippen molar-refractivity contribution in [3.8, 4) is 0 Å². The van der Waals surface area contributed by atoms with Gasteiger partial charge in [-0.25, -0.2) is 8.42 Å². The molecule has 0 unspecified atom stereocenters. The molecular formula is C16H25N3O3S2. The van der Waals surface area contributed by atoms with Crippen LogP contribution < -0.4 is 0 Å². The summed E-state index contributed by atoms with van der Waals surface area (Å²) in [6.07, 6.45) is 7.03. The molecule has 1 aromatic rings. The normalized spacial score (nSPS) is 21.2. The van der Waals surface area contributed by atoms with E-state index in [9.17, 15) is 13.2 Å². The van der Waals surface area contributed by atoms with Gasteiger partial charge in [-0.2, -0.15) is 16.1 Å². The smallest absolute Gasteiger partial charge is 0.270 e. The van der Waals surface area contributed by atoms with Gasteiger partial charge in [-0.1, -0.05) is 19.3 Å². The highest BCUT2D eigenvalue weighted by Crippen LogP contribution is 2.22. The van der Waals surface area contributed by atoms with Crippen LogP contribution in [0.2, 0.25) is 0 Å². The van der Waals surface area contributed by atoms with Crippen LogP contribution in [0.1, 0.15) is 42.6 Å². The van der Waals surface area contributed by atoms with Crippen molar-refractivity contribution in [2.24, 2.45) is 0 Å². The maximum atomic E-state index is 12.7. The van der Waals surface area contributed by atoms with Crippen molar-refractivity contribution in [2.45, 2.75) is 37.0 Å². The number of aromatic nitrogens is 1. The van der Waals surface area contributed by atoms with E-state index in [-0.39, 0.29) is 10.8 Å². The number of H-pyrrole nitrogens is 1. The fourth-order valence-corrected chi connectivity index (χ4v) is 5.77. The summed E-state index contributed by atoms with van der Waals surface area (Å²) in [4.78, 5) is 17.6. The van der Waals surface area contributed by atoms with Crippen molar-refractivity contribution in [1.29, 1.82) is 0 Å². The maximum Gasteiger partial charge on any atom is 0.270 e. The first-order chi connectivity index (χ1) is 11.6. The van der Waals surface area contributed by atoms with Crippen LogP contribution in [0.5, 0.6) is 0 Å².